The maximum Gasteiger partial charge on any atom is 0.291 e. The summed E-state index contributed by atoms with van der Waals surface area (Å²) in [6.45, 7) is 0. The van der Waals surface area contributed by atoms with Gasteiger partial charge in [-0.1, -0.05) is 29.5 Å². The van der Waals surface area contributed by atoms with Crippen molar-refractivity contribution in [1.29, 1.82) is 0 Å². The first-order chi connectivity index (χ1) is 16.7. The number of hydrogen-bond donors (Lipinski definition) is 0. The largest absolute Gasteiger partial charge is 0.497 e. The predicted molar refractivity (Wildman–Crippen MR) is 129 cm³/mol. The van der Waals surface area contributed by atoms with Crippen molar-refractivity contribution >= 4 is 22.4 Å². The molecule has 34 heavy (non-hydrogen) atoms. The fourth-order valence-electron chi connectivity index (χ4n) is 3.66. The van der Waals surface area contributed by atoms with Gasteiger partial charge in [-0.2, -0.15) is 14.6 Å². The van der Waals surface area contributed by atoms with Gasteiger partial charge in [-0.05, 0) is 54.6 Å². The van der Waals surface area contributed by atoms with E-state index in [1.54, 1.807) is 25.5 Å². The Morgan fingerprint density at radius 3 is 2.53 bits per heavy atom. The van der Waals surface area contributed by atoms with E-state index in [1.165, 1.54) is 15.9 Å². The third-order valence-corrected chi connectivity index (χ3v) is 6.30. The van der Waals surface area contributed by atoms with E-state index in [-0.39, 0.29) is 5.56 Å². The second-order valence-electron chi connectivity index (χ2n) is 7.46. The van der Waals surface area contributed by atoms with Gasteiger partial charge in [-0.15, -0.1) is 5.10 Å². The quantitative estimate of drug-likeness (QED) is 0.383. The maximum atomic E-state index is 13.1. The molecule has 8 nitrogen and oxygen atoms in total. The monoisotopic (exact) mass is 467 g/mol. The lowest BCUT2D eigenvalue weighted by atomic mass is 10.1. The molecule has 0 unspecified atom stereocenters. The van der Waals surface area contributed by atoms with Gasteiger partial charge >= 0.3 is 0 Å². The highest BCUT2D eigenvalue weighted by molar-refractivity contribution is 7.15. The molecule has 0 radical (unpaired) electrons. The standard InChI is InChI=1S/C25H17N5O3S/c1-32-19-11-9-16(10-12-19)22-17(15-29(27-22)18-6-3-2-4-7-18)14-21-24(31)30-25(34-21)26-23(28-30)20-8-5-13-33-20/h2-15H,1H3/b21-14-. The van der Waals surface area contributed by atoms with Crippen LogP contribution in [0.3, 0.4) is 0 Å². The molecule has 0 N–H and O–H groups in total. The van der Waals surface area contributed by atoms with Crippen LogP contribution in [0.2, 0.25) is 0 Å². The minimum Gasteiger partial charge on any atom is -0.497 e. The van der Waals surface area contributed by atoms with Crippen LogP contribution in [0, 0.1) is 0 Å². The number of nitrogens with zero attached hydrogens (tertiary/aromatic N) is 5. The Labute approximate surface area is 197 Å². The Morgan fingerprint density at radius 2 is 1.82 bits per heavy atom. The van der Waals surface area contributed by atoms with Crippen molar-refractivity contribution in [3.63, 3.8) is 0 Å². The van der Waals surface area contributed by atoms with E-state index in [2.05, 4.69) is 10.1 Å². The topological polar surface area (TPSA) is 87.4 Å². The second-order valence-corrected chi connectivity index (χ2v) is 8.47. The van der Waals surface area contributed by atoms with E-state index in [4.69, 9.17) is 14.3 Å². The van der Waals surface area contributed by atoms with Crippen molar-refractivity contribution in [2.45, 2.75) is 0 Å². The van der Waals surface area contributed by atoms with Crippen LogP contribution in [0.25, 0.3) is 39.6 Å². The lowest BCUT2D eigenvalue weighted by Gasteiger charge is -2.02. The first kappa shape index (κ1) is 20.1. The summed E-state index contributed by atoms with van der Waals surface area (Å²) in [5.74, 6) is 1.67. The fraction of sp³-hybridized carbons (Fsp3) is 0.0400. The smallest absolute Gasteiger partial charge is 0.291 e. The molecule has 2 aromatic carbocycles. The maximum absolute atomic E-state index is 13.1. The average Bonchev–Trinajstić information content (AvgIpc) is 3.66. The summed E-state index contributed by atoms with van der Waals surface area (Å²) in [4.78, 5) is 18.0. The van der Waals surface area contributed by atoms with Gasteiger partial charge in [0.2, 0.25) is 10.8 Å². The molecule has 0 saturated heterocycles. The molecule has 6 aromatic rings. The van der Waals surface area contributed by atoms with E-state index >= 15 is 0 Å². The fourth-order valence-corrected chi connectivity index (χ4v) is 4.56. The van der Waals surface area contributed by atoms with Crippen LogP contribution in [0.4, 0.5) is 0 Å². The Balaban J connectivity index is 1.49. The van der Waals surface area contributed by atoms with Crippen molar-refractivity contribution in [2.75, 3.05) is 7.11 Å². The summed E-state index contributed by atoms with van der Waals surface area (Å²) in [6.07, 6.45) is 5.30. The number of thiazole rings is 1. The highest BCUT2D eigenvalue weighted by atomic mass is 32.1. The molecule has 0 saturated carbocycles. The van der Waals surface area contributed by atoms with Gasteiger partial charge in [-0.3, -0.25) is 4.79 Å². The van der Waals surface area contributed by atoms with Gasteiger partial charge in [0.15, 0.2) is 5.76 Å². The summed E-state index contributed by atoms with van der Waals surface area (Å²) in [6, 6.07) is 21.0. The molecule has 0 aliphatic carbocycles. The minimum absolute atomic E-state index is 0.238. The number of para-hydroxylation sites is 1. The summed E-state index contributed by atoms with van der Waals surface area (Å²) in [5, 5.41) is 9.14. The van der Waals surface area contributed by atoms with E-state index in [9.17, 15) is 4.79 Å². The van der Waals surface area contributed by atoms with Crippen LogP contribution in [0.15, 0.2) is 88.4 Å². The van der Waals surface area contributed by atoms with Gasteiger partial charge in [0.05, 0.1) is 23.6 Å². The van der Waals surface area contributed by atoms with Crippen LogP contribution in [-0.4, -0.2) is 31.5 Å². The molecule has 6 rings (SSSR count). The molecule has 0 spiro atoms. The average molecular weight is 468 g/mol. The summed E-state index contributed by atoms with van der Waals surface area (Å²) < 4.78 is 14.3. The lowest BCUT2D eigenvalue weighted by molar-refractivity contribution is 0.415. The number of ether oxygens (including phenoxy) is 1. The highest BCUT2D eigenvalue weighted by Gasteiger charge is 2.16. The van der Waals surface area contributed by atoms with Crippen molar-refractivity contribution in [3.05, 3.63) is 99.6 Å². The van der Waals surface area contributed by atoms with Crippen LogP contribution in [-0.2, 0) is 0 Å². The third-order valence-electron chi connectivity index (χ3n) is 5.34. The zero-order valence-electron chi connectivity index (χ0n) is 18.0. The lowest BCUT2D eigenvalue weighted by Crippen LogP contribution is -2.23. The Bertz CT molecular complexity index is 1700. The molecule has 9 heteroatoms. The van der Waals surface area contributed by atoms with Gasteiger partial charge in [-0.25, -0.2) is 4.68 Å². The molecule has 0 fully saturated rings. The van der Waals surface area contributed by atoms with E-state index in [1.807, 2.05) is 71.6 Å². The number of furan rings is 1. The highest BCUT2D eigenvalue weighted by Crippen LogP contribution is 2.26. The van der Waals surface area contributed by atoms with Gasteiger partial charge in [0.1, 0.15) is 11.4 Å². The van der Waals surface area contributed by atoms with Crippen LogP contribution < -0.4 is 14.8 Å². The predicted octanol–water partition coefficient (Wildman–Crippen LogP) is 3.82. The van der Waals surface area contributed by atoms with Crippen LogP contribution >= 0.6 is 11.3 Å². The number of aromatic nitrogens is 5. The Hall–Kier alpha value is -4.50. The van der Waals surface area contributed by atoms with Crippen LogP contribution in [0.1, 0.15) is 5.56 Å². The molecule has 4 aromatic heterocycles. The Kier molecular flexibility index (Phi) is 4.81. The molecule has 0 amide bonds. The molecule has 0 aliphatic heterocycles. The number of benzene rings is 2. The van der Waals surface area contributed by atoms with Gasteiger partial charge in [0.25, 0.3) is 5.56 Å². The number of rotatable bonds is 5. The van der Waals surface area contributed by atoms with E-state index in [0.29, 0.717) is 21.1 Å². The van der Waals surface area contributed by atoms with Crippen molar-refractivity contribution in [2.24, 2.45) is 0 Å². The zero-order valence-corrected chi connectivity index (χ0v) is 18.8. The second kappa shape index (κ2) is 8.13. The number of methoxy groups -OCH3 is 1. The van der Waals surface area contributed by atoms with E-state index < -0.39 is 0 Å². The van der Waals surface area contributed by atoms with Gasteiger partial charge in [0, 0.05) is 17.3 Å². The summed E-state index contributed by atoms with van der Waals surface area (Å²) in [7, 11) is 1.63. The molecular formula is C25H17N5O3S. The number of hydrogen-bond acceptors (Lipinski definition) is 7. The Morgan fingerprint density at radius 1 is 1.00 bits per heavy atom. The molecule has 0 atom stereocenters. The summed E-state index contributed by atoms with van der Waals surface area (Å²) >= 11 is 1.27. The normalized spacial score (nSPS) is 12.0. The molecule has 0 aliphatic rings. The van der Waals surface area contributed by atoms with Crippen molar-refractivity contribution in [3.8, 4) is 34.3 Å². The molecule has 4 heterocycles. The van der Waals surface area contributed by atoms with Gasteiger partial charge < -0.3 is 9.15 Å². The summed E-state index contributed by atoms with van der Waals surface area (Å²) in [5.41, 5.74) is 3.15. The third kappa shape index (κ3) is 3.48. The molecule has 166 valence electrons. The van der Waals surface area contributed by atoms with Crippen molar-refractivity contribution in [1.82, 2.24) is 24.4 Å². The van der Waals surface area contributed by atoms with E-state index in [0.717, 1.165) is 28.3 Å². The van der Waals surface area contributed by atoms with Crippen LogP contribution in [0.5, 0.6) is 5.75 Å². The molecular weight excluding hydrogens is 450 g/mol. The minimum atomic E-state index is -0.238. The zero-order chi connectivity index (χ0) is 23.1. The first-order valence-electron chi connectivity index (χ1n) is 10.4. The van der Waals surface area contributed by atoms with Crippen molar-refractivity contribution < 1.29 is 9.15 Å². The molecule has 0 bridgehead atoms. The SMILES string of the molecule is COc1ccc(-c2nn(-c3ccccc3)cc2/C=c2\sc3nc(-c4ccco4)nn3c2=O)cc1. The number of fused-ring (bicyclic) bond motifs is 1. The first-order valence-corrected chi connectivity index (χ1v) is 11.3.